The topological polar surface area (TPSA) is 59.0 Å². The van der Waals surface area contributed by atoms with E-state index in [2.05, 4.69) is 15.6 Å². The van der Waals surface area contributed by atoms with Crippen molar-refractivity contribution in [2.75, 3.05) is 11.9 Å². The second kappa shape index (κ2) is 8.38. The summed E-state index contributed by atoms with van der Waals surface area (Å²) in [4.78, 5) is 16.0. The summed E-state index contributed by atoms with van der Waals surface area (Å²) in [6.07, 6.45) is 5.99. The second-order valence-electron chi connectivity index (χ2n) is 4.41. The zero-order valence-corrected chi connectivity index (χ0v) is 12.5. The van der Waals surface area contributed by atoms with Crippen LogP contribution in [0.1, 0.15) is 6.42 Å². The summed E-state index contributed by atoms with van der Waals surface area (Å²) in [7, 11) is 0. The van der Waals surface area contributed by atoms with Gasteiger partial charge in [0.25, 0.3) is 5.76 Å². The molecule has 1 aromatic carbocycles. The van der Waals surface area contributed by atoms with Gasteiger partial charge in [-0.25, -0.2) is 9.78 Å². The number of hydrogen-bond donors (Lipinski definition) is 2. The minimum atomic E-state index is -2.53. The van der Waals surface area contributed by atoms with E-state index in [-0.39, 0.29) is 0 Å². The van der Waals surface area contributed by atoms with Gasteiger partial charge < -0.3 is 15.2 Å². The Bertz CT molecular complexity index is 592. The van der Waals surface area contributed by atoms with Crippen LogP contribution in [0, 0.1) is 0 Å². The number of rotatable bonds is 7. The molecule has 2 N–H and O–H groups in total. The van der Waals surface area contributed by atoms with E-state index < -0.39 is 11.8 Å². The maximum Gasteiger partial charge on any atom is 0.319 e. The number of amides is 2. The van der Waals surface area contributed by atoms with Gasteiger partial charge in [-0.15, -0.1) is 0 Å². The van der Waals surface area contributed by atoms with Crippen LogP contribution < -0.4 is 10.6 Å². The van der Waals surface area contributed by atoms with Crippen molar-refractivity contribution in [3.05, 3.63) is 43.0 Å². The summed E-state index contributed by atoms with van der Waals surface area (Å²) in [5.41, 5.74) is 0.375. The molecule has 0 atom stereocenters. The lowest BCUT2D eigenvalue weighted by atomic mass is 10.3. The largest absolute Gasteiger partial charge is 0.338 e. The Balaban J connectivity index is 1.77. The van der Waals surface area contributed by atoms with Gasteiger partial charge in [-0.2, -0.15) is 8.78 Å². The molecule has 22 heavy (non-hydrogen) atoms. The third kappa shape index (κ3) is 5.36. The van der Waals surface area contributed by atoms with Crippen LogP contribution in [-0.2, 0) is 6.54 Å². The number of halogens is 2. The quantitative estimate of drug-likeness (QED) is 0.605. The van der Waals surface area contributed by atoms with Crippen LogP contribution in [0.3, 0.4) is 0 Å². The zero-order chi connectivity index (χ0) is 15.8. The van der Waals surface area contributed by atoms with E-state index in [4.69, 9.17) is 0 Å². The number of nitrogens with zero attached hydrogens (tertiary/aromatic N) is 2. The molecule has 0 spiro atoms. The Kier molecular flexibility index (Phi) is 6.20. The monoisotopic (exact) mass is 326 g/mol. The molecule has 2 amide bonds. The molecule has 8 heteroatoms. The third-order valence-electron chi connectivity index (χ3n) is 2.79. The van der Waals surface area contributed by atoms with Crippen LogP contribution >= 0.6 is 11.8 Å². The Morgan fingerprint density at radius 1 is 1.36 bits per heavy atom. The van der Waals surface area contributed by atoms with Crippen molar-refractivity contribution in [1.82, 2.24) is 14.9 Å². The van der Waals surface area contributed by atoms with Crippen molar-refractivity contribution in [1.29, 1.82) is 0 Å². The van der Waals surface area contributed by atoms with Crippen LogP contribution in [0.15, 0.2) is 47.9 Å². The predicted octanol–water partition coefficient (Wildman–Crippen LogP) is 3.41. The molecule has 118 valence electrons. The van der Waals surface area contributed by atoms with Gasteiger partial charge in [-0.05, 0) is 18.6 Å². The van der Waals surface area contributed by atoms with E-state index in [1.807, 2.05) is 10.8 Å². The van der Waals surface area contributed by atoms with Crippen molar-refractivity contribution in [3.8, 4) is 0 Å². The Hall–Kier alpha value is -2.09. The van der Waals surface area contributed by atoms with Gasteiger partial charge in [0.2, 0.25) is 0 Å². The average molecular weight is 326 g/mol. The molecule has 0 fully saturated rings. The first-order valence-electron chi connectivity index (χ1n) is 6.69. The molecule has 1 aromatic heterocycles. The van der Waals surface area contributed by atoms with E-state index in [0.29, 0.717) is 28.9 Å². The Morgan fingerprint density at radius 2 is 2.18 bits per heavy atom. The highest BCUT2D eigenvalue weighted by molar-refractivity contribution is 7.99. The Morgan fingerprint density at radius 3 is 2.91 bits per heavy atom. The van der Waals surface area contributed by atoms with Crippen molar-refractivity contribution in [3.63, 3.8) is 0 Å². The standard InChI is InChI=1S/C14H16F2N4OS/c15-13(16)22-12-5-2-1-4-11(12)19-14(21)18-6-3-8-20-9-7-17-10-20/h1-2,4-5,7,9-10,13H,3,6,8H2,(H2,18,19,21). The molecule has 0 bridgehead atoms. The second-order valence-corrected chi connectivity index (χ2v) is 5.44. The zero-order valence-electron chi connectivity index (χ0n) is 11.7. The van der Waals surface area contributed by atoms with Crippen LogP contribution in [0.2, 0.25) is 0 Å². The first-order valence-corrected chi connectivity index (χ1v) is 7.57. The summed E-state index contributed by atoms with van der Waals surface area (Å²) in [5, 5.41) is 5.28. The number of hydrogen-bond acceptors (Lipinski definition) is 3. The van der Waals surface area contributed by atoms with E-state index in [9.17, 15) is 13.6 Å². The summed E-state index contributed by atoms with van der Waals surface area (Å²) in [6.45, 7) is 1.23. The van der Waals surface area contributed by atoms with Gasteiger partial charge in [0, 0.05) is 30.4 Å². The van der Waals surface area contributed by atoms with Gasteiger partial charge in [0.1, 0.15) is 0 Å². The number of para-hydroxylation sites is 1. The van der Waals surface area contributed by atoms with E-state index >= 15 is 0 Å². The van der Waals surface area contributed by atoms with Crippen LogP contribution in [0.4, 0.5) is 19.3 Å². The number of aryl methyl sites for hydroxylation is 1. The molecule has 0 aliphatic carbocycles. The molecule has 2 rings (SSSR count). The number of aromatic nitrogens is 2. The highest BCUT2D eigenvalue weighted by Crippen LogP contribution is 2.31. The van der Waals surface area contributed by atoms with Gasteiger partial charge >= 0.3 is 6.03 Å². The van der Waals surface area contributed by atoms with E-state index in [1.54, 1.807) is 36.8 Å². The molecular weight excluding hydrogens is 310 g/mol. The fourth-order valence-electron chi connectivity index (χ4n) is 1.82. The number of alkyl halides is 2. The van der Waals surface area contributed by atoms with Crippen molar-refractivity contribution in [2.24, 2.45) is 0 Å². The minimum Gasteiger partial charge on any atom is -0.338 e. The maximum absolute atomic E-state index is 12.4. The molecule has 0 aliphatic rings. The summed E-state index contributed by atoms with van der Waals surface area (Å²) in [6, 6.07) is 6.07. The number of nitrogens with one attached hydrogen (secondary N) is 2. The van der Waals surface area contributed by atoms with Crippen molar-refractivity contribution in [2.45, 2.75) is 23.6 Å². The molecular formula is C14H16F2N4OS. The fourth-order valence-corrected chi connectivity index (χ4v) is 2.41. The third-order valence-corrected chi connectivity index (χ3v) is 3.58. The molecule has 2 aromatic rings. The summed E-state index contributed by atoms with van der Waals surface area (Å²) < 4.78 is 26.8. The van der Waals surface area contributed by atoms with Gasteiger partial charge in [0.05, 0.1) is 12.0 Å². The number of carbonyl (C=O) groups is 1. The minimum absolute atomic E-state index is 0.339. The van der Waals surface area contributed by atoms with Crippen molar-refractivity contribution < 1.29 is 13.6 Å². The lowest BCUT2D eigenvalue weighted by Crippen LogP contribution is -2.30. The lowest BCUT2D eigenvalue weighted by molar-refractivity contribution is 0.250. The molecule has 0 saturated heterocycles. The summed E-state index contributed by atoms with van der Waals surface area (Å²) >= 11 is 0.408. The van der Waals surface area contributed by atoms with Gasteiger partial charge in [-0.3, -0.25) is 0 Å². The number of anilines is 1. The number of imidazole rings is 1. The highest BCUT2D eigenvalue weighted by Gasteiger charge is 2.11. The molecule has 0 saturated carbocycles. The fraction of sp³-hybridized carbons (Fsp3) is 0.286. The average Bonchev–Trinajstić information content (AvgIpc) is 2.98. The predicted molar refractivity (Wildman–Crippen MR) is 82.2 cm³/mol. The van der Waals surface area contributed by atoms with E-state index in [0.717, 1.165) is 13.0 Å². The van der Waals surface area contributed by atoms with Crippen molar-refractivity contribution >= 4 is 23.5 Å². The molecule has 0 radical (unpaired) electrons. The Labute approximate surface area is 131 Å². The smallest absolute Gasteiger partial charge is 0.319 e. The number of benzene rings is 1. The molecule has 0 unspecified atom stereocenters. The first-order chi connectivity index (χ1) is 10.6. The van der Waals surface area contributed by atoms with Crippen LogP contribution in [0.25, 0.3) is 0 Å². The normalized spacial score (nSPS) is 10.7. The van der Waals surface area contributed by atoms with Crippen LogP contribution in [-0.4, -0.2) is 27.9 Å². The maximum atomic E-state index is 12.4. The highest BCUT2D eigenvalue weighted by atomic mass is 32.2. The van der Waals surface area contributed by atoms with Crippen LogP contribution in [0.5, 0.6) is 0 Å². The van der Waals surface area contributed by atoms with Gasteiger partial charge in [-0.1, -0.05) is 23.9 Å². The molecule has 5 nitrogen and oxygen atoms in total. The number of carbonyl (C=O) groups excluding carboxylic acids is 1. The number of thioether (sulfide) groups is 1. The number of urea groups is 1. The molecule has 0 aliphatic heterocycles. The molecule has 1 heterocycles. The van der Waals surface area contributed by atoms with Gasteiger partial charge in [0.15, 0.2) is 0 Å². The SMILES string of the molecule is O=C(NCCCn1ccnc1)Nc1ccccc1SC(F)F. The lowest BCUT2D eigenvalue weighted by Gasteiger charge is -2.11. The summed E-state index contributed by atoms with van der Waals surface area (Å²) in [5.74, 6) is -2.53. The van der Waals surface area contributed by atoms with E-state index in [1.165, 1.54) is 0 Å². The first kappa shape index (κ1) is 16.3.